The fourth-order valence-corrected chi connectivity index (χ4v) is 3.79. The molecular formula is C24H48N4. The molecule has 0 aromatic heterocycles. The van der Waals surface area contributed by atoms with Crippen LogP contribution in [0.3, 0.4) is 0 Å². The van der Waals surface area contributed by atoms with Crippen LogP contribution in [0.15, 0.2) is 17.1 Å². The van der Waals surface area contributed by atoms with Gasteiger partial charge < -0.3 is 16.0 Å². The van der Waals surface area contributed by atoms with Gasteiger partial charge in [0.2, 0.25) is 0 Å². The SMILES string of the molecule is CCCCCCCCCCCCCCCC=CC1=NCCN1CCNCCN. The minimum Gasteiger partial charge on any atom is -0.354 e. The molecule has 0 saturated heterocycles. The second-order valence-corrected chi connectivity index (χ2v) is 8.20. The number of nitrogens with one attached hydrogen (secondary N) is 1. The van der Waals surface area contributed by atoms with E-state index in [2.05, 4.69) is 34.3 Å². The number of hydrogen-bond acceptors (Lipinski definition) is 4. The molecule has 4 heteroatoms. The van der Waals surface area contributed by atoms with Gasteiger partial charge in [-0.25, -0.2) is 0 Å². The minimum absolute atomic E-state index is 0.708. The van der Waals surface area contributed by atoms with Crippen molar-refractivity contribution in [3.05, 3.63) is 12.2 Å². The monoisotopic (exact) mass is 392 g/mol. The summed E-state index contributed by atoms with van der Waals surface area (Å²) >= 11 is 0. The van der Waals surface area contributed by atoms with Crippen LogP contribution in [0.4, 0.5) is 0 Å². The zero-order valence-electron chi connectivity index (χ0n) is 18.8. The Bertz CT molecular complexity index is 392. The molecule has 0 saturated carbocycles. The van der Waals surface area contributed by atoms with E-state index < -0.39 is 0 Å². The Morgan fingerprint density at radius 3 is 2.11 bits per heavy atom. The van der Waals surface area contributed by atoms with E-state index >= 15 is 0 Å². The van der Waals surface area contributed by atoms with Gasteiger partial charge >= 0.3 is 0 Å². The zero-order valence-corrected chi connectivity index (χ0v) is 18.8. The molecule has 0 aromatic carbocycles. The maximum Gasteiger partial charge on any atom is 0.123 e. The van der Waals surface area contributed by atoms with Crippen molar-refractivity contribution in [1.82, 2.24) is 10.2 Å². The lowest BCUT2D eigenvalue weighted by atomic mass is 10.0. The van der Waals surface area contributed by atoms with Crippen molar-refractivity contribution in [2.24, 2.45) is 10.7 Å². The maximum atomic E-state index is 5.51. The number of unbranched alkanes of at least 4 members (excludes halogenated alkanes) is 13. The molecule has 0 unspecified atom stereocenters. The van der Waals surface area contributed by atoms with Gasteiger partial charge in [-0.3, -0.25) is 4.99 Å². The smallest absolute Gasteiger partial charge is 0.123 e. The van der Waals surface area contributed by atoms with E-state index in [1.165, 1.54) is 95.7 Å². The fraction of sp³-hybridized carbons (Fsp3) is 0.875. The van der Waals surface area contributed by atoms with E-state index in [9.17, 15) is 0 Å². The van der Waals surface area contributed by atoms with Crippen LogP contribution in [-0.2, 0) is 0 Å². The molecule has 28 heavy (non-hydrogen) atoms. The first-order chi connectivity index (χ1) is 13.9. The molecule has 0 aliphatic carbocycles. The van der Waals surface area contributed by atoms with Gasteiger partial charge in [-0.2, -0.15) is 0 Å². The standard InChI is InChI=1S/C24H48N4/c1-2-3-4-5-6-7-8-9-10-11-12-13-14-15-16-17-24-27-21-23-28(24)22-20-26-19-18-25/h16-17,26H,2-15,18-23,25H2,1H3. The highest BCUT2D eigenvalue weighted by Gasteiger charge is 2.12. The first kappa shape index (κ1) is 25.2. The predicted molar refractivity (Wildman–Crippen MR) is 125 cm³/mol. The Balaban J connectivity index is 1.87. The topological polar surface area (TPSA) is 53.6 Å². The molecule has 1 rings (SSSR count). The normalized spacial score (nSPS) is 14.4. The lowest BCUT2D eigenvalue weighted by Crippen LogP contribution is -2.35. The van der Waals surface area contributed by atoms with Crippen LogP contribution in [-0.4, -0.2) is 50.0 Å². The fourth-order valence-electron chi connectivity index (χ4n) is 3.79. The molecule has 0 aromatic rings. The molecule has 0 atom stereocenters. The van der Waals surface area contributed by atoms with Crippen molar-refractivity contribution < 1.29 is 0 Å². The minimum atomic E-state index is 0.708. The van der Waals surface area contributed by atoms with Crippen molar-refractivity contribution in [2.75, 3.05) is 39.3 Å². The molecule has 0 radical (unpaired) electrons. The van der Waals surface area contributed by atoms with Crippen LogP contribution < -0.4 is 11.1 Å². The van der Waals surface area contributed by atoms with Gasteiger partial charge in [-0.05, 0) is 18.9 Å². The van der Waals surface area contributed by atoms with Crippen molar-refractivity contribution in [2.45, 2.75) is 96.8 Å². The summed E-state index contributed by atoms with van der Waals surface area (Å²) in [7, 11) is 0. The van der Waals surface area contributed by atoms with Crippen molar-refractivity contribution in [3.8, 4) is 0 Å². The molecule has 0 fully saturated rings. The Kier molecular flexibility index (Phi) is 17.5. The molecule has 0 bridgehead atoms. The number of aliphatic imine (C=N–C) groups is 1. The number of hydrogen-bond donors (Lipinski definition) is 2. The van der Waals surface area contributed by atoms with E-state index in [0.717, 1.165) is 32.7 Å². The number of nitrogens with two attached hydrogens (primary N) is 1. The first-order valence-electron chi connectivity index (χ1n) is 12.2. The summed E-state index contributed by atoms with van der Waals surface area (Å²) in [5, 5.41) is 3.36. The highest BCUT2D eigenvalue weighted by molar-refractivity contribution is 5.94. The number of amidine groups is 1. The summed E-state index contributed by atoms with van der Waals surface area (Å²) < 4.78 is 0. The van der Waals surface area contributed by atoms with Gasteiger partial charge in [-0.1, -0.05) is 90.0 Å². The number of rotatable bonds is 20. The lowest BCUT2D eigenvalue weighted by molar-refractivity contribution is 0.446. The Labute approximate surface area is 175 Å². The number of nitrogens with zero attached hydrogens (tertiary/aromatic N) is 2. The molecule has 1 aliphatic heterocycles. The van der Waals surface area contributed by atoms with Gasteiger partial charge in [0, 0.05) is 32.7 Å². The second kappa shape index (κ2) is 19.4. The second-order valence-electron chi connectivity index (χ2n) is 8.20. The molecular weight excluding hydrogens is 344 g/mol. The molecule has 0 spiro atoms. The Hall–Kier alpha value is -0.870. The third kappa shape index (κ3) is 14.2. The number of allylic oxidation sites excluding steroid dienone is 1. The van der Waals surface area contributed by atoms with Gasteiger partial charge in [0.15, 0.2) is 0 Å². The van der Waals surface area contributed by atoms with Crippen LogP contribution in [0, 0.1) is 0 Å². The van der Waals surface area contributed by atoms with Gasteiger partial charge in [0.05, 0.1) is 6.54 Å². The van der Waals surface area contributed by atoms with Crippen LogP contribution in [0.5, 0.6) is 0 Å². The average molecular weight is 393 g/mol. The first-order valence-corrected chi connectivity index (χ1v) is 12.2. The van der Waals surface area contributed by atoms with Crippen LogP contribution in [0.25, 0.3) is 0 Å². The maximum absolute atomic E-state index is 5.51. The average Bonchev–Trinajstić information content (AvgIpc) is 3.15. The molecule has 3 N–H and O–H groups in total. The molecule has 0 amide bonds. The van der Waals surface area contributed by atoms with Crippen LogP contribution in [0.1, 0.15) is 96.8 Å². The summed E-state index contributed by atoms with van der Waals surface area (Å²) in [6.07, 6.45) is 24.2. The van der Waals surface area contributed by atoms with Crippen molar-refractivity contribution in [1.29, 1.82) is 0 Å². The summed E-state index contributed by atoms with van der Waals surface area (Å²) in [4.78, 5) is 7.00. The lowest BCUT2D eigenvalue weighted by Gasteiger charge is -2.18. The van der Waals surface area contributed by atoms with Gasteiger partial charge in [-0.15, -0.1) is 0 Å². The van der Waals surface area contributed by atoms with Crippen molar-refractivity contribution >= 4 is 5.84 Å². The summed E-state index contributed by atoms with van der Waals surface area (Å²) in [5.41, 5.74) is 5.51. The third-order valence-corrected chi connectivity index (χ3v) is 5.59. The Morgan fingerprint density at radius 1 is 0.893 bits per heavy atom. The van der Waals surface area contributed by atoms with Crippen LogP contribution in [0.2, 0.25) is 0 Å². The van der Waals surface area contributed by atoms with Crippen LogP contribution >= 0.6 is 0 Å². The van der Waals surface area contributed by atoms with E-state index in [4.69, 9.17) is 5.73 Å². The highest BCUT2D eigenvalue weighted by atomic mass is 15.2. The molecule has 4 nitrogen and oxygen atoms in total. The van der Waals surface area contributed by atoms with E-state index in [0.29, 0.717) is 6.54 Å². The highest BCUT2D eigenvalue weighted by Crippen LogP contribution is 2.13. The molecule has 164 valence electrons. The molecule has 1 aliphatic rings. The van der Waals surface area contributed by atoms with E-state index in [-0.39, 0.29) is 0 Å². The largest absolute Gasteiger partial charge is 0.354 e. The molecule has 1 heterocycles. The third-order valence-electron chi connectivity index (χ3n) is 5.59. The summed E-state index contributed by atoms with van der Waals surface area (Å²) in [6, 6.07) is 0. The summed E-state index contributed by atoms with van der Waals surface area (Å²) in [6.45, 7) is 7.91. The van der Waals surface area contributed by atoms with E-state index in [1.54, 1.807) is 0 Å². The summed E-state index contributed by atoms with van der Waals surface area (Å²) in [5.74, 6) is 1.17. The van der Waals surface area contributed by atoms with Gasteiger partial charge in [0.25, 0.3) is 0 Å². The zero-order chi connectivity index (χ0) is 20.1. The quantitative estimate of drug-likeness (QED) is 0.277. The van der Waals surface area contributed by atoms with Gasteiger partial charge in [0.1, 0.15) is 5.84 Å². The Morgan fingerprint density at radius 2 is 1.50 bits per heavy atom. The predicted octanol–water partition coefficient (Wildman–Crippen LogP) is 5.29. The van der Waals surface area contributed by atoms with E-state index in [1.807, 2.05) is 0 Å². The van der Waals surface area contributed by atoms with Crippen molar-refractivity contribution in [3.63, 3.8) is 0 Å².